The number of ketones is 1. The maximum absolute atomic E-state index is 12.6. The monoisotopic (exact) mass is 410 g/mol. The zero-order valence-corrected chi connectivity index (χ0v) is 15.9. The van der Waals surface area contributed by atoms with Gasteiger partial charge in [0.25, 0.3) is 5.56 Å². The largest absolute Gasteiger partial charge is 0.486 e. The summed E-state index contributed by atoms with van der Waals surface area (Å²) in [6.45, 7) is -0.0603. The van der Waals surface area contributed by atoms with Crippen molar-refractivity contribution in [2.45, 2.75) is 6.54 Å². The smallest absolute Gasteiger partial charge is 0.359 e. The van der Waals surface area contributed by atoms with E-state index in [1.807, 2.05) is 0 Å². The van der Waals surface area contributed by atoms with Gasteiger partial charge in [0.05, 0.1) is 18.5 Å². The van der Waals surface area contributed by atoms with Crippen molar-refractivity contribution in [1.29, 1.82) is 0 Å². The molecule has 0 fully saturated rings. The predicted octanol–water partition coefficient (Wildman–Crippen LogP) is 1.20. The minimum absolute atomic E-state index is 0.0694. The zero-order chi connectivity index (χ0) is 21.1. The van der Waals surface area contributed by atoms with Crippen molar-refractivity contribution >= 4 is 22.5 Å². The molecule has 4 rings (SSSR count). The lowest BCUT2D eigenvalue weighted by atomic mass is 10.1. The Bertz CT molecular complexity index is 1190. The molecule has 0 amide bonds. The highest BCUT2D eigenvalue weighted by Gasteiger charge is 2.20. The minimum atomic E-state index is -0.844. The first-order chi connectivity index (χ1) is 14.6. The van der Waals surface area contributed by atoms with Gasteiger partial charge in [-0.1, -0.05) is 18.2 Å². The van der Waals surface area contributed by atoms with Crippen LogP contribution in [0.3, 0.4) is 0 Å². The van der Waals surface area contributed by atoms with E-state index < -0.39 is 23.9 Å². The summed E-state index contributed by atoms with van der Waals surface area (Å²) in [5, 5.41) is 13.8. The minimum Gasteiger partial charge on any atom is -0.486 e. The quantitative estimate of drug-likeness (QED) is 0.476. The van der Waals surface area contributed by atoms with E-state index in [0.29, 0.717) is 35.7 Å². The molecule has 0 unspecified atom stereocenters. The predicted molar refractivity (Wildman–Crippen MR) is 105 cm³/mol. The molecule has 1 aromatic heterocycles. The molecule has 0 aliphatic carbocycles. The molecule has 1 aliphatic heterocycles. The molecular weight excluding hydrogens is 392 g/mol. The molecule has 0 bridgehead atoms. The SMILES string of the molecule is O=C(COC(=O)c1nn(CCO)c(=O)c2ccccc12)c1ccc2c(c1)OCCO2. The van der Waals surface area contributed by atoms with E-state index in [1.165, 1.54) is 0 Å². The van der Waals surface area contributed by atoms with E-state index in [4.69, 9.17) is 19.3 Å². The molecule has 0 saturated heterocycles. The Hall–Kier alpha value is -3.72. The summed E-state index contributed by atoms with van der Waals surface area (Å²) >= 11 is 0. The van der Waals surface area contributed by atoms with Gasteiger partial charge < -0.3 is 19.3 Å². The van der Waals surface area contributed by atoms with E-state index in [1.54, 1.807) is 42.5 Å². The molecule has 0 saturated carbocycles. The highest BCUT2D eigenvalue weighted by atomic mass is 16.6. The first-order valence-electron chi connectivity index (χ1n) is 9.29. The fourth-order valence-electron chi connectivity index (χ4n) is 3.13. The molecule has 0 radical (unpaired) electrons. The fourth-order valence-corrected chi connectivity index (χ4v) is 3.13. The third-order valence-corrected chi connectivity index (χ3v) is 4.57. The molecular formula is C21H18N2O7. The third-order valence-electron chi connectivity index (χ3n) is 4.57. The van der Waals surface area contributed by atoms with E-state index in [2.05, 4.69) is 5.10 Å². The van der Waals surface area contributed by atoms with Gasteiger partial charge in [0.15, 0.2) is 29.6 Å². The number of hydrogen-bond donors (Lipinski definition) is 1. The molecule has 2 heterocycles. The van der Waals surface area contributed by atoms with Gasteiger partial charge in [-0.25, -0.2) is 9.48 Å². The number of ether oxygens (including phenoxy) is 3. The average molecular weight is 410 g/mol. The van der Waals surface area contributed by atoms with Crippen molar-refractivity contribution in [2.24, 2.45) is 0 Å². The van der Waals surface area contributed by atoms with Gasteiger partial charge in [0.1, 0.15) is 13.2 Å². The van der Waals surface area contributed by atoms with Crippen LogP contribution in [0.2, 0.25) is 0 Å². The van der Waals surface area contributed by atoms with Crippen molar-refractivity contribution in [2.75, 3.05) is 26.4 Å². The lowest BCUT2D eigenvalue weighted by Gasteiger charge is -2.18. The van der Waals surface area contributed by atoms with Crippen LogP contribution in [-0.4, -0.2) is 53.1 Å². The maximum Gasteiger partial charge on any atom is 0.359 e. The number of aliphatic hydroxyl groups is 1. The lowest BCUT2D eigenvalue weighted by Crippen LogP contribution is -2.28. The van der Waals surface area contributed by atoms with Crippen LogP contribution >= 0.6 is 0 Å². The number of aliphatic hydroxyl groups excluding tert-OH is 1. The Morgan fingerprint density at radius 3 is 2.57 bits per heavy atom. The van der Waals surface area contributed by atoms with Crippen molar-refractivity contribution in [3.8, 4) is 11.5 Å². The van der Waals surface area contributed by atoms with Crippen LogP contribution in [0.5, 0.6) is 11.5 Å². The topological polar surface area (TPSA) is 117 Å². The van der Waals surface area contributed by atoms with Crippen LogP contribution in [0, 0.1) is 0 Å². The highest BCUT2D eigenvalue weighted by Crippen LogP contribution is 2.30. The lowest BCUT2D eigenvalue weighted by molar-refractivity contribution is 0.0468. The molecule has 1 N–H and O–H groups in total. The van der Waals surface area contributed by atoms with Crippen LogP contribution < -0.4 is 15.0 Å². The van der Waals surface area contributed by atoms with Gasteiger partial charge in [0, 0.05) is 10.9 Å². The number of carbonyl (C=O) groups is 2. The summed E-state index contributed by atoms with van der Waals surface area (Å²) in [6, 6.07) is 11.2. The Morgan fingerprint density at radius 1 is 1.07 bits per heavy atom. The molecule has 2 aromatic carbocycles. The molecule has 0 atom stereocenters. The number of rotatable bonds is 6. The van der Waals surface area contributed by atoms with E-state index in [0.717, 1.165) is 4.68 Å². The second-order valence-electron chi connectivity index (χ2n) is 6.50. The van der Waals surface area contributed by atoms with Crippen molar-refractivity contribution < 1.29 is 28.9 Å². The first-order valence-corrected chi connectivity index (χ1v) is 9.29. The van der Waals surface area contributed by atoms with Gasteiger partial charge in [0.2, 0.25) is 0 Å². The Morgan fingerprint density at radius 2 is 1.80 bits per heavy atom. The first kappa shape index (κ1) is 19.6. The summed E-state index contributed by atoms with van der Waals surface area (Å²) in [5.74, 6) is -0.254. The van der Waals surface area contributed by atoms with Gasteiger partial charge in [-0.05, 0) is 24.3 Å². The van der Waals surface area contributed by atoms with Gasteiger partial charge in [-0.15, -0.1) is 0 Å². The van der Waals surface area contributed by atoms with E-state index in [9.17, 15) is 14.4 Å². The average Bonchev–Trinajstić information content (AvgIpc) is 2.79. The van der Waals surface area contributed by atoms with Gasteiger partial charge in [-0.3, -0.25) is 9.59 Å². The van der Waals surface area contributed by atoms with Crippen LogP contribution in [0.1, 0.15) is 20.8 Å². The molecule has 30 heavy (non-hydrogen) atoms. The van der Waals surface area contributed by atoms with E-state index in [-0.39, 0.29) is 24.2 Å². The number of Topliss-reactive ketones (excluding diaryl/α,β-unsaturated/α-hetero) is 1. The standard InChI is InChI=1S/C21H18N2O7/c24-8-7-23-20(26)15-4-2-1-3-14(15)19(22-23)21(27)30-12-16(25)13-5-6-17-18(11-13)29-10-9-28-17/h1-6,11,24H,7-10,12H2. The number of fused-ring (bicyclic) bond motifs is 2. The normalized spacial score (nSPS) is 12.6. The molecule has 3 aromatic rings. The number of esters is 1. The van der Waals surface area contributed by atoms with Crippen LogP contribution in [0.4, 0.5) is 0 Å². The fraction of sp³-hybridized carbons (Fsp3) is 0.238. The summed E-state index contributed by atoms with van der Waals surface area (Å²) in [7, 11) is 0. The number of benzene rings is 2. The van der Waals surface area contributed by atoms with Crippen molar-refractivity contribution in [3.05, 3.63) is 64.1 Å². The second kappa shape index (κ2) is 8.34. The number of aromatic nitrogens is 2. The molecule has 154 valence electrons. The zero-order valence-electron chi connectivity index (χ0n) is 15.9. The Labute approximate surface area is 170 Å². The third kappa shape index (κ3) is 3.74. The number of nitrogens with zero attached hydrogens (tertiary/aromatic N) is 2. The Balaban J connectivity index is 1.55. The Kier molecular flexibility index (Phi) is 5.44. The molecule has 9 nitrogen and oxygen atoms in total. The summed E-state index contributed by atoms with van der Waals surface area (Å²) < 4.78 is 17.0. The second-order valence-corrected chi connectivity index (χ2v) is 6.50. The number of hydrogen-bond acceptors (Lipinski definition) is 8. The maximum atomic E-state index is 12.6. The summed E-state index contributed by atoms with van der Waals surface area (Å²) in [6.07, 6.45) is 0. The van der Waals surface area contributed by atoms with Crippen molar-refractivity contribution in [1.82, 2.24) is 9.78 Å². The summed E-state index contributed by atoms with van der Waals surface area (Å²) in [4.78, 5) is 37.5. The van der Waals surface area contributed by atoms with Gasteiger partial charge in [-0.2, -0.15) is 5.10 Å². The molecule has 1 aliphatic rings. The van der Waals surface area contributed by atoms with E-state index >= 15 is 0 Å². The molecule has 0 spiro atoms. The summed E-state index contributed by atoms with van der Waals surface area (Å²) in [5.41, 5.74) is -0.215. The van der Waals surface area contributed by atoms with Crippen LogP contribution in [-0.2, 0) is 11.3 Å². The highest BCUT2D eigenvalue weighted by molar-refractivity contribution is 6.04. The van der Waals surface area contributed by atoms with Gasteiger partial charge >= 0.3 is 5.97 Å². The number of carbonyl (C=O) groups excluding carboxylic acids is 2. The van der Waals surface area contributed by atoms with Crippen LogP contribution in [0.25, 0.3) is 10.8 Å². The van der Waals surface area contributed by atoms with Crippen molar-refractivity contribution in [3.63, 3.8) is 0 Å². The van der Waals surface area contributed by atoms with Crippen LogP contribution in [0.15, 0.2) is 47.3 Å². The molecule has 9 heteroatoms.